The number of rotatable bonds is 8. The lowest BCUT2D eigenvalue weighted by Crippen LogP contribution is -2.38. The monoisotopic (exact) mass is 425 g/mol. The summed E-state index contributed by atoms with van der Waals surface area (Å²) >= 11 is 0. The van der Waals surface area contributed by atoms with Gasteiger partial charge in [-0.1, -0.05) is 12.1 Å². The number of halogens is 1. The summed E-state index contributed by atoms with van der Waals surface area (Å²) in [6.45, 7) is 0.863. The van der Waals surface area contributed by atoms with Crippen LogP contribution in [0.25, 0.3) is 11.4 Å². The highest BCUT2D eigenvalue weighted by atomic mass is 19.1. The molecule has 0 unspecified atom stereocenters. The molecule has 0 bridgehead atoms. The fraction of sp³-hybridized carbons (Fsp3) is 0.318. The molecule has 0 saturated heterocycles. The molecule has 2 aromatic carbocycles. The van der Waals surface area contributed by atoms with Crippen LogP contribution in [-0.4, -0.2) is 34.0 Å². The summed E-state index contributed by atoms with van der Waals surface area (Å²) in [4.78, 5) is 24.9. The molecule has 0 aliphatic heterocycles. The van der Waals surface area contributed by atoms with Gasteiger partial charge in [-0.05, 0) is 54.8 Å². The maximum absolute atomic E-state index is 13.3. The standard InChI is InChI=1S/C22H24FN5O3/c1-31-19-10-2-15(3-11-19)14-25-21(29)24-12-13-27-22(30)28(18-8-9-18)20(26-27)16-4-6-17(23)7-5-16/h2-7,10-11,18H,8-9,12-14H2,1H3,(H2,24,25,29). The summed E-state index contributed by atoms with van der Waals surface area (Å²) in [5.74, 6) is 0.939. The Morgan fingerprint density at radius 2 is 1.84 bits per heavy atom. The van der Waals surface area contributed by atoms with Crippen molar-refractivity contribution in [1.82, 2.24) is 25.0 Å². The number of ether oxygens (including phenoxy) is 1. The number of urea groups is 1. The zero-order chi connectivity index (χ0) is 21.8. The van der Waals surface area contributed by atoms with Crippen LogP contribution in [0.1, 0.15) is 24.4 Å². The van der Waals surface area contributed by atoms with E-state index < -0.39 is 0 Å². The van der Waals surface area contributed by atoms with E-state index in [1.165, 1.54) is 16.8 Å². The van der Waals surface area contributed by atoms with Crippen LogP contribution in [0.3, 0.4) is 0 Å². The molecular formula is C22H24FN5O3. The van der Waals surface area contributed by atoms with Crippen LogP contribution in [0.4, 0.5) is 9.18 Å². The predicted octanol–water partition coefficient (Wildman–Crippen LogP) is 2.69. The van der Waals surface area contributed by atoms with Crippen molar-refractivity contribution in [2.45, 2.75) is 32.0 Å². The van der Waals surface area contributed by atoms with Crippen molar-refractivity contribution in [3.05, 3.63) is 70.4 Å². The molecule has 0 spiro atoms. The van der Waals surface area contributed by atoms with Crippen molar-refractivity contribution in [2.75, 3.05) is 13.7 Å². The molecule has 31 heavy (non-hydrogen) atoms. The van der Waals surface area contributed by atoms with E-state index in [0.29, 0.717) is 17.9 Å². The number of nitrogens with one attached hydrogen (secondary N) is 2. The summed E-state index contributed by atoms with van der Waals surface area (Å²) in [5, 5.41) is 9.95. The second kappa shape index (κ2) is 9.03. The van der Waals surface area contributed by atoms with Crippen LogP contribution < -0.4 is 21.1 Å². The first-order valence-electron chi connectivity index (χ1n) is 10.1. The third-order valence-corrected chi connectivity index (χ3v) is 5.11. The smallest absolute Gasteiger partial charge is 0.346 e. The Hall–Kier alpha value is -3.62. The summed E-state index contributed by atoms with van der Waals surface area (Å²) in [7, 11) is 1.60. The van der Waals surface area contributed by atoms with E-state index in [-0.39, 0.29) is 36.7 Å². The van der Waals surface area contributed by atoms with Crippen LogP contribution in [0.15, 0.2) is 53.3 Å². The number of nitrogens with zero attached hydrogens (tertiary/aromatic N) is 3. The second-order valence-corrected chi connectivity index (χ2v) is 7.39. The van der Waals surface area contributed by atoms with Gasteiger partial charge in [0, 0.05) is 24.7 Å². The van der Waals surface area contributed by atoms with Gasteiger partial charge in [0.2, 0.25) is 0 Å². The number of hydrogen-bond donors (Lipinski definition) is 2. The fourth-order valence-corrected chi connectivity index (χ4v) is 3.29. The van der Waals surface area contributed by atoms with Crippen LogP contribution in [0.5, 0.6) is 5.75 Å². The zero-order valence-electron chi connectivity index (χ0n) is 17.2. The molecule has 8 nitrogen and oxygen atoms in total. The lowest BCUT2D eigenvalue weighted by molar-refractivity contribution is 0.240. The predicted molar refractivity (Wildman–Crippen MR) is 113 cm³/mol. The molecule has 1 aliphatic rings. The highest BCUT2D eigenvalue weighted by Crippen LogP contribution is 2.36. The van der Waals surface area contributed by atoms with Crippen molar-refractivity contribution >= 4 is 6.03 Å². The Morgan fingerprint density at radius 1 is 1.13 bits per heavy atom. The van der Waals surface area contributed by atoms with E-state index in [4.69, 9.17) is 4.74 Å². The average Bonchev–Trinajstić information content (AvgIpc) is 3.57. The van der Waals surface area contributed by atoms with Gasteiger partial charge in [-0.2, -0.15) is 0 Å². The number of benzene rings is 2. The lowest BCUT2D eigenvalue weighted by atomic mass is 10.2. The van der Waals surface area contributed by atoms with Gasteiger partial charge in [-0.25, -0.2) is 18.7 Å². The number of amides is 2. The van der Waals surface area contributed by atoms with Gasteiger partial charge in [-0.15, -0.1) is 5.10 Å². The SMILES string of the molecule is COc1ccc(CNC(=O)NCCn2nc(-c3ccc(F)cc3)n(C3CC3)c2=O)cc1. The maximum atomic E-state index is 13.3. The minimum atomic E-state index is -0.339. The second-order valence-electron chi connectivity index (χ2n) is 7.39. The maximum Gasteiger partial charge on any atom is 0.346 e. The highest BCUT2D eigenvalue weighted by Gasteiger charge is 2.30. The first-order valence-corrected chi connectivity index (χ1v) is 10.1. The van der Waals surface area contributed by atoms with Crippen molar-refractivity contribution in [3.8, 4) is 17.1 Å². The quantitative estimate of drug-likeness (QED) is 0.581. The largest absolute Gasteiger partial charge is 0.497 e. The first-order chi connectivity index (χ1) is 15.0. The van der Waals surface area contributed by atoms with Crippen molar-refractivity contribution in [1.29, 1.82) is 0 Å². The molecule has 1 fully saturated rings. The normalized spacial score (nSPS) is 13.1. The van der Waals surface area contributed by atoms with Crippen molar-refractivity contribution < 1.29 is 13.9 Å². The van der Waals surface area contributed by atoms with Gasteiger partial charge in [0.25, 0.3) is 0 Å². The molecule has 0 atom stereocenters. The van der Waals surface area contributed by atoms with Crippen LogP contribution in [0.2, 0.25) is 0 Å². The van der Waals surface area contributed by atoms with E-state index >= 15 is 0 Å². The summed E-state index contributed by atoms with van der Waals surface area (Å²) < 4.78 is 21.4. The van der Waals surface area contributed by atoms with E-state index in [1.807, 2.05) is 24.3 Å². The summed E-state index contributed by atoms with van der Waals surface area (Å²) in [6, 6.07) is 13.1. The molecule has 2 amide bonds. The molecule has 1 saturated carbocycles. The molecule has 0 radical (unpaired) electrons. The van der Waals surface area contributed by atoms with Gasteiger partial charge in [0.1, 0.15) is 11.6 Å². The first kappa shape index (κ1) is 20.6. The van der Waals surface area contributed by atoms with Crippen LogP contribution >= 0.6 is 0 Å². The lowest BCUT2D eigenvalue weighted by Gasteiger charge is -2.08. The Morgan fingerprint density at radius 3 is 2.48 bits per heavy atom. The number of carbonyl (C=O) groups excluding carboxylic acids is 1. The van der Waals surface area contributed by atoms with Gasteiger partial charge in [0.05, 0.1) is 13.7 Å². The topological polar surface area (TPSA) is 90.2 Å². The number of hydrogen-bond acceptors (Lipinski definition) is 4. The van der Waals surface area contributed by atoms with Gasteiger partial charge < -0.3 is 15.4 Å². The number of methoxy groups -OCH3 is 1. The Labute approximate surface area is 178 Å². The molecule has 9 heteroatoms. The average molecular weight is 425 g/mol. The summed E-state index contributed by atoms with van der Waals surface area (Å²) in [5.41, 5.74) is 1.41. The van der Waals surface area contributed by atoms with Gasteiger partial charge in [0.15, 0.2) is 5.82 Å². The Kier molecular flexibility index (Phi) is 6.01. The number of aromatic nitrogens is 3. The molecule has 3 aromatic rings. The van der Waals surface area contributed by atoms with E-state index in [1.54, 1.807) is 23.8 Å². The zero-order valence-corrected chi connectivity index (χ0v) is 17.2. The molecule has 162 valence electrons. The third kappa shape index (κ3) is 4.93. The van der Waals surface area contributed by atoms with E-state index in [9.17, 15) is 14.0 Å². The summed E-state index contributed by atoms with van der Waals surface area (Å²) in [6.07, 6.45) is 1.84. The third-order valence-electron chi connectivity index (χ3n) is 5.11. The molecular weight excluding hydrogens is 401 g/mol. The van der Waals surface area contributed by atoms with Crippen molar-refractivity contribution in [2.24, 2.45) is 0 Å². The van der Waals surface area contributed by atoms with Crippen LogP contribution in [-0.2, 0) is 13.1 Å². The Balaban J connectivity index is 1.35. The minimum Gasteiger partial charge on any atom is -0.497 e. The minimum absolute atomic E-state index is 0.127. The fourth-order valence-electron chi connectivity index (χ4n) is 3.29. The molecule has 1 aliphatic carbocycles. The van der Waals surface area contributed by atoms with E-state index in [2.05, 4.69) is 15.7 Å². The van der Waals surface area contributed by atoms with Crippen molar-refractivity contribution in [3.63, 3.8) is 0 Å². The van der Waals surface area contributed by atoms with E-state index in [0.717, 1.165) is 24.2 Å². The molecule has 2 N–H and O–H groups in total. The van der Waals surface area contributed by atoms with Gasteiger partial charge >= 0.3 is 11.7 Å². The Bertz CT molecular complexity index is 1100. The highest BCUT2D eigenvalue weighted by molar-refractivity contribution is 5.73. The molecule has 1 aromatic heterocycles. The number of carbonyl (C=O) groups is 1. The molecule has 4 rings (SSSR count). The molecule has 1 heterocycles. The van der Waals surface area contributed by atoms with Crippen LogP contribution in [0, 0.1) is 5.82 Å². The van der Waals surface area contributed by atoms with Gasteiger partial charge in [-0.3, -0.25) is 4.57 Å².